The highest BCUT2D eigenvalue weighted by atomic mass is 32.1. The molecule has 5 rings (SSSR count). The van der Waals surface area contributed by atoms with Gasteiger partial charge in [0.1, 0.15) is 10.8 Å². The van der Waals surface area contributed by atoms with E-state index in [4.69, 9.17) is 14.8 Å². The molecule has 0 fully saturated rings. The Kier molecular flexibility index (Phi) is 13.0. The molecule has 5 aromatic rings. The lowest BCUT2D eigenvalue weighted by Crippen LogP contribution is -2.22. The number of aryl methyl sites for hydroxylation is 1. The number of hydrogen-bond acceptors (Lipinski definition) is 6. The second-order valence-corrected chi connectivity index (χ2v) is 13.2. The van der Waals surface area contributed by atoms with Crippen LogP contribution >= 0.6 is 11.3 Å². The summed E-state index contributed by atoms with van der Waals surface area (Å²) in [5.74, 6) is -0.810. The summed E-state index contributed by atoms with van der Waals surface area (Å²) in [6.45, 7) is 3.44. The average Bonchev–Trinajstić information content (AvgIpc) is 3.59. The van der Waals surface area contributed by atoms with Crippen LogP contribution in [0.4, 0.5) is 13.2 Å². The molecule has 7 nitrogen and oxygen atoms in total. The number of benzene rings is 4. The smallest absolute Gasteiger partial charge is 0.416 e. The van der Waals surface area contributed by atoms with Gasteiger partial charge in [-0.25, -0.2) is 9.78 Å². The molecular formula is C40H40F3N3O4S. The monoisotopic (exact) mass is 715 g/mol. The van der Waals surface area contributed by atoms with E-state index in [0.29, 0.717) is 43.1 Å². The molecule has 0 saturated heterocycles. The number of rotatable bonds is 17. The number of amides is 1. The first-order chi connectivity index (χ1) is 24.6. The van der Waals surface area contributed by atoms with E-state index < -0.39 is 24.3 Å². The minimum Gasteiger partial charge on any atom is -0.482 e. The lowest BCUT2D eigenvalue weighted by Gasteiger charge is -2.22. The van der Waals surface area contributed by atoms with Gasteiger partial charge < -0.3 is 15.2 Å². The Hall–Kier alpha value is -5.00. The molecule has 0 radical (unpaired) electrons. The predicted octanol–water partition coefficient (Wildman–Crippen LogP) is 9.16. The van der Waals surface area contributed by atoms with Crippen molar-refractivity contribution < 1.29 is 32.6 Å². The molecular weight excluding hydrogens is 676 g/mol. The van der Waals surface area contributed by atoms with Crippen molar-refractivity contribution in [2.75, 3.05) is 6.61 Å². The second kappa shape index (κ2) is 17.8. The quantitative estimate of drug-likeness (QED) is 0.0934. The van der Waals surface area contributed by atoms with Crippen molar-refractivity contribution in [3.8, 4) is 16.3 Å². The maximum Gasteiger partial charge on any atom is 0.416 e. The number of hydrogen-bond donors (Lipinski definition) is 2. The summed E-state index contributed by atoms with van der Waals surface area (Å²) in [7, 11) is 0. The summed E-state index contributed by atoms with van der Waals surface area (Å²) in [5, 5.41) is 14.6. The predicted molar refractivity (Wildman–Crippen MR) is 192 cm³/mol. The first-order valence-electron chi connectivity index (χ1n) is 16.8. The Morgan fingerprint density at radius 2 is 1.41 bits per heavy atom. The number of aromatic nitrogens is 1. The molecule has 0 aliphatic rings. The normalized spacial score (nSPS) is 11.5. The van der Waals surface area contributed by atoms with Gasteiger partial charge in [-0.1, -0.05) is 80.4 Å². The molecule has 4 aromatic carbocycles. The summed E-state index contributed by atoms with van der Waals surface area (Å²) in [6.07, 6.45) is 0.251. The van der Waals surface area contributed by atoms with E-state index in [0.717, 1.165) is 45.9 Å². The van der Waals surface area contributed by atoms with Crippen molar-refractivity contribution in [3.63, 3.8) is 0 Å². The first kappa shape index (κ1) is 37.3. The third kappa shape index (κ3) is 11.5. The SMILES string of the molecule is CCCCCc1ccc(CNC(=O)c2ccc(-c3nc(CN(Cc4ccc(OCC(=O)O)cc4)Cc4ccc(C(F)(F)F)cc4)cs3)cc2)cc1. The Morgan fingerprint density at radius 3 is 2.02 bits per heavy atom. The number of halogens is 3. The molecule has 0 saturated carbocycles. The van der Waals surface area contributed by atoms with Crippen molar-refractivity contribution in [2.24, 2.45) is 0 Å². The molecule has 266 valence electrons. The number of nitrogens with one attached hydrogen (secondary N) is 1. The summed E-state index contributed by atoms with van der Waals surface area (Å²) in [5.41, 5.74) is 5.49. The number of aliphatic carboxylic acids is 1. The molecule has 1 heterocycles. The van der Waals surface area contributed by atoms with Crippen molar-refractivity contribution in [1.82, 2.24) is 15.2 Å². The van der Waals surface area contributed by atoms with Crippen molar-refractivity contribution in [1.29, 1.82) is 0 Å². The van der Waals surface area contributed by atoms with E-state index in [1.807, 2.05) is 29.6 Å². The van der Waals surface area contributed by atoms with Gasteiger partial charge in [0.15, 0.2) is 6.61 Å². The Morgan fingerprint density at radius 1 is 0.804 bits per heavy atom. The standard InChI is InChI=1S/C40H40F3N3O4S/c1-2-3-4-5-28-6-8-29(9-7-28)22-44-38(49)32-14-16-33(17-15-32)39-45-35(27-51-39)25-46(23-30-10-18-34(19-11-30)40(41,42)43)24-31-12-20-36(21-13-31)50-26-37(47)48/h6-21,27H,2-5,22-26H2,1H3,(H,44,49)(H,47,48). The maximum absolute atomic E-state index is 13.2. The van der Waals surface area contributed by atoms with Crippen LogP contribution in [0.2, 0.25) is 0 Å². The van der Waals surface area contributed by atoms with E-state index in [2.05, 4.69) is 41.4 Å². The summed E-state index contributed by atoms with van der Waals surface area (Å²) < 4.78 is 44.7. The third-order valence-corrected chi connectivity index (χ3v) is 9.20. The van der Waals surface area contributed by atoms with Crippen LogP contribution in [-0.2, 0) is 43.6 Å². The lowest BCUT2D eigenvalue weighted by atomic mass is 10.1. The van der Waals surface area contributed by atoms with Gasteiger partial charge in [0, 0.05) is 42.7 Å². The number of carboxylic acid groups (broad SMARTS) is 1. The van der Waals surface area contributed by atoms with Gasteiger partial charge in [0.05, 0.1) is 11.3 Å². The first-order valence-corrected chi connectivity index (χ1v) is 17.7. The number of thiazole rings is 1. The van der Waals surface area contributed by atoms with Crippen LogP contribution in [0, 0.1) is 0 Å². The minimum atomic E-state index is -4.41. The number of nitrogens with zero attached hydrogens (tertiary/aromatic N) is 2. The van der Waals surface area contributed by atoms with Crippen molar-refractivity contribution >= 4 is 23.2 Å². The molecule has 0 unspecified atom stereocenters. The van der Waals surface area contributed by atoms with Crippen LogP contribution in [0.1, 0.15) is 70.1 Å². The number of unbranched alkanes of at least 4 members (excludes halogenated alkanes) is 2. The zero-order valence-corrected chi connectivity index (χ0v) is 29.1. The van der Waals surface area contributed by atoms with Gasteiger partial charge in [0.25, 0.3) is 5.91 Å². The fourth-order valence-corrected chi connectivity index (χ4v) is 6.33. The fourth-order valence-electron chi connectivity index (χ4n) is 5.51. The molecule has 1 amide bonds. The molecule has 0 bridgehead atoms. The largest absolute Gasteiger partial charge is 0.482 e. The zero-order valence-electron chi connectivity index (χ0n) is 28.3. The summed E-state index contributed by atoms with van der Waals surface area (Å²) in [4.78, 5) is 30.6. The molecule has 0 atom stereocenters. The van der Waals surface area contributed by atoms with E-state index in [-0.39, 0.29) is 5.91 Å². The van der Waals surface area contributed by atoms with Crippen LogP contribution in [0.15, 0.2) is 102 Å². The molecule has 51 heavy (non-hydrogen) atoms. The van der Waals surface area contributed by atoms with E-state index in [1.54, 1.807) is 24.3 Å². The zero-order chi connectivity index (χ0) is 36.2. The summed E-state index contributed by atoms with van der Waals surface area (Å²) >= 11 is 1.47. The highest BCUT2D eigenvalue weighted by molar-refractivity contribution is 7.13. The van der Waals surface area contributed by atoms with Crippen LogP contribution in [0.5, 0.6) is 5.75 Å². The number of alkyl halides is 3. The highest BCUT2D eigenvalue weighted by Gasteiger charge is 2.30. The number of ether oxygens (including phenoxy) is 1. The molecule has 0 aliphatic carbocycles. The number of carboxylic acids is 1. The maximum atomic E-state index is 13.2. The molecule has 0 aliphatic heterocycles. The average molecular weight is 716 g/mol. The Bertz CT molecular complexity index is 1860. The third-order valence-electron chi connectivity index (χ3n) is 8.26. The Balaban J connectivity index is 1.22. The fraction of sp³-hybridized carbons (Fsp3) is 0.275. The molecule has 1 aromatic heterocycles. The van der Waals surface area contributed by atoms with E-state index >= 15 is 0 Å². The van der Waals surface area contributed by atoms with Gasteiger partial charge in [0.2, 0.25) is 0 Å². The second-order valence-electron chi connectivity index (χ2n) is 12.3. The van der Waals surface area contributed by atoms with Gasteiger partial charge in [-0.05, 0) is 71.5 Å². The van der Waals surface area contributed by atoms with Crippen LogP contribution in [-0.4, -0.2) is 33.5 Å². The van der Waals surface area contributed by atoms with Gasteiger partial charge >= 0.3 is 12.1 Å². The van der Waals surface area contributed by atoms with E-state index in [1.165, 1.54) is 48.3 Å². The summed E-state index contributed by atoms with van der Waals surface area (Å²) in [6, 6.07) is 27.8. The van der Waals surface area contributed by atoms with Crippen LogP contribution in [0.3, 0.4) is 0 Å². The van der Waals surface area contributed by atoms with Crippen LogP contribution < -0.4 is 10.1 Å². The molecule has 0 spiro atoms. The minimum absolute atomic E-state index is 0.159. The number of carbonyl (C=O) groups excluding carboxylic acids is 1. The van der Waals surface area contributed by atoms with E-state index in [9.17, 15) is 22.8 Å². The van der Waals surface area contributed by atoms with Gasteiger partial charge in [-0.2, -0.15) is 13.2 Å². The highest BCUT2D eigenvalue weighted by Crippen LogP contribution is 2.30. The molecule has 11 heteroatoms. The van der Waals surface area contributed by atoms with Crippen molar-refractivity contribution in [3.05, 3.63) is 142 Å². The topological polar surface area (TPSA) is 91.8 Å². The van der Waals surface area contributed by atoms with Crippen LogP contribution in [0.25, 0.3) is 10.6 Å². The Labute approximate surface area is 299 Å². The lowest BCUT2D eigenvalue weighted by molar-refractivity contribution is -0.139. The van der Waals surface area contributed by atoms with Gasteiger partial charge in [-0.15, -0.1) is 11.3 Å². The van der Waals surface area contributed by atoms with Crippen molar-refractivity contribution in [2.45, 2.75) is 65.0 Å². The number of carbonyl (C=O) groups is 2. The van der Waals surface area contributed by atoms with Gasteiger partial charge in [-0.3, -0.25) is 9.69 Å². The molecule has 2 N–H and O–H groups in total.